The van der Waals surface area contributed by atoms with Crippen molar-refractivity contribution in [3.8, 4) is 67.3 Å². The maximum Gasteiger partial charge on any atom is 0.160 e. The molecule has 69 heavy (non-hydrogen) atoms. The van der Waals surface area contributed by atoms with Gasteiger partial charge in [0.15, 0.2) is 5.82 Å². The molecular formula is C66H40N2S. The zero-order valence-electron chi connectivity index (χ0n) is 37.4. The van der Waals surface area contributed by atoms with Crippen molar-refractivity contribution in [3.05, 3.63) is 287 Å². The Bertz CT molecular complexity index is 3920. The van der Waals surface area contributed by atoms with Crippen LogP contribution in [-0.4, -0.2) is 9.97 Å². The van der Waals surface area contributed by atoms with Gasteiger partial charge in [-0.1, -0.05) is 231 Å². The van der Waals surface area contributed by atoms with Gasteiger partial charge in [0.05, 0.1) is 22.2 Å². The first-order valence-corrected chi connectivity index (χ1v) is 24.6. The lowest BCUT2D eigenvalue weighted by Gasteiger charge is -2.49. The molecule has 0 aliphatic heterocycles. The second-order valence-electron chi connectivity index (χ2n) is 18.6. The van der Waals surface area contributed by atoms with E-state index in [9.17, 15) is 0 Å². The van der Waals surface area contributed by atoms with Crippen molar-refractivity contribution in [2.75, 3.05) is 0 Å². The van der Waals surface area contributed by atoms with E-state index in [0.717, 1.165) is 33.6 Å². The average Bonchev–Trinajstić information content (AvgIpc) is 4.06. The van der Waals surface area contributed by atoms with Crippen LogP contribution in [-0.2, 0) is 10.8 Å². The second-order valence-corrected chi connectivity index (χ2v) is 19.7. The van der Waals surface area contributed by atoms with Crippen LogP contribution < -0.4 is 0 Å². The molecule has 2 spiro atoms. The topological polar surface area (TPSA) is 25.8 Å². The molecule has 0 amide bonds. The molecule has 0 fully saturated rings. The van der Waals surface area contributed by atoms with Gasteiger partial charge in [-0.2, -0.15) is 0 Å². The maximum absolute atomic E-state index is 5.21. The molecule has 0 N–H and O–H groups in total. The summed E-state index contributed by atoms with van der Waals surface area (Å²) < 4.78 is 2.66. The largest absolute Gasteiger partial charge is 0.228 e. The van der Waals surface area contributed by atoms with Crippen LogP contribution >= 0.6 is 11.3 Å². The van der Waals surface area contributed by atoms with Gasteiger partial charge >= 0.3 is 0 Å². The van der Waals surface area contributed by atoms with Crippen molar-refractivity contribution in [1.82, 2.24) is 9.97 Å². The Morgan fingerprint density at radius 2 is 0.783 bits per heavy atom. The molecule has 3 heteroatoms. The first-order valence-electron chi connectivity index (χ1n) is 23.8. The number of hydrogen-bond acceptors (Lipinski definition) is 3. The smallest absolute Gasteiger partial charge is 0.160 e. The average molecular weight is 893 g/mol. The number of hydrogen-bond donors (Lipinski definition) is 0. The Morgan fingerprint density at radius 3 is 1.39 bits per heavy atom. The van der Waals surface area contributed by atoms with Crippen LogP contribution in [0, 0.1) is 0 Å². The molecular weight excluding hydrogens is 853 g/mol. The summed E-state index contributed by atoms with van der Waals surface area (Å²) in [7, 11) is 0. The Balaban J connectivity index is 1.01. The minimum absolute atomic E-state index is 0.514. The Labute approximate surface area is 404 Å². The van der Waals surface area contributed by atoms with Crippen molar-refractivity contribution >= 4 is 31.5 Å². The van der Waals surface area contributed by atoms with Crippen molar-refractivity contribution in [2.24, 2.45) is 0 Å². The third-order valence-corrected chi connectivity index (χ3v) is 16.6. The highest BCUT2D eigenvalue weighted by atomic mass is 32.1. The van der Waals surface area contributed by atoms with Crippen LogP contribution in [0.3, 0.4) is 0 Å². The number of rotatable bonds is 4. The zero-order chi connectivity index (χ0) is 45.3. The van der Waals surface area contributed by atoms with E-state index in [0.29, 0.717) is 5.82 Å². The van der Waals surface area contributed by atoms with Crippen LogP contribution in [0.4, 0.5) is 0 Å². The first-order chi connectivity index (χ1) is 34.2. The summed E-state index contributed by atoms with van der Waals surface area (Å²) in [5, 5.41) is 2.62. The summed E-state index contributed by atoms with van der Waals surface area (Å²) in [6.45, 7) is 0. The molecule has 3 aliphatic rings. The van der Waals surface area contributed by atoms with Gasteiger partial charge in [0, 0.05) is 42.4 Å². The van der Waals surface area contributed by atoms with Gasteiger partial charge in [0.1, 0.15) is 0 Å². The van der Waals surface area contributed by atoms with Gasteiger partial charge in [-0.25, -0.2) is 9.97 Å². The van der Waals surface area contributed by atoms with Crippen LogP contribution in [0.15, 0.2) is 243 Å². The van der Waals surface area contributed by atoms with Crippen molar-refractivity contribution in [2.45, 2.75) is 10.8 Å². The Hall–Kier alpha value is -8.50. The summed E-state index contributed by atoms with van der Waals surface area (Å²) in [6.07, 6.45) is 0. The predicted molar refractivity (Wildman–Crippen MR) is 285 cm³/mol. The van der Waals surface area contributed by atoms with E-state index in [1.165, 1.54) is 92.5 Å². The fraction of sp³-hybridized carbons (Fsp3) is 0.0303. The number of benzene rings is 10. The molecule has 2 heterocycles. The fourth-order valence-corrected chi connectivity index (χ4v) is 14.0. The molecule has 12 aromatic rings. The van der Waals surface area contributed by atoms with Crippen LogP contribution in [0.5, 0.6) is 0 Å². The predicted octanol–water partition coefficient (Wildman–Crippen LogP) is 16.6. The molecule has 3 aliphatic carbocycles. The molecule has 0 bridgehead atoms. The Kier molecular flexibility index (Phi) is 8.11. The van der Waals surface area contributed by atoms with E-state index in [1.807, 2.05) is 23.5 Å². The summed E-state index contributed by atoms with van der Waals surface area (Å²) in [5.41, 5.74) is 22.1. The summed E-state index contributed by atoms with van der Waals surface area (Å²) in [6, 6.07) is 89.9. The molecule has 0 unspecified atom stereocenters. The SMILES string of the molecule is c1ccc(-c2cc(-c3ccccc3)nc(-c3ccc(-c4cccc5c4C4(c6ccccc6C6(c7ccccc7-c7ccccc76)c6ccccc64)c4ccc6c(sc7ccccc76)c4-5)cc3)n2)cc1. The van der Waals surface area contributed by atoms with Crippen molar-refractivity contribution in [3.63, 3.8) is 0 Å². The second kappa shape index (κ2) is 14.5. The third-order valence-electron chi connectivity index (χ3n) is 15.4. The summed E-state index contributed by atoms with van der Waals surface area (Å²) >= 11 is 1.93. The molecule has 0 radical (unpaired) electrons. The number of thiophene rings is 1. The lowest BCUT2D eigenvalue weighted by Crippen LogP contribution is -2.44. The Morgan fingerprint density at radius 1 is 0.304 bits per heavy atom. The molecule has 0 atom stereocenters. The van der Waals surface area contributed by atoms with Gasteiger partial charge in [-0.15, -0.1) is 11.3 Å². The van der Waals surface area contributed by atoms with E-state index >= 15 is 0 Å². The maximum atomic E-state index is 5.21. The molecule has 0 saturated carbocycles. The first kappa shape index (κ1) is 38.6. The highest BCUT2D eigenvalue weighted by Crippen LogP contribution is 2.69. The number of aromatic nitrogens is 2. The number of nitrogens with zero attached hydrogens (tertiary/aromatic N) is 2. The lowest BCUT2D eigenvalue weighted by atomic mass is 9.52. The molecule has 15 rings (SSSR count). The monoisotopic (exact) mass is 892 g/mol. The minimum atomic E-state index is -0.646. The summed E-state index contributed by atoms with van der Waals surface area (Å²) in [4.78, 5) is 10.4. The van der Waals surface area contributed by atoms with Gasteiger partial charge < -0.3 is 0 Å². The zero-order valence-corrected chi connectivity index (χ0v) is 38.2. The van der Waals surface area contributed by atoms with Crippen LogP contribution in [0.2, 0.25) is 0 Å². The van der Waals surface area contributed by atoms with Crippen molar-refractivity contribution in [1.29, 1.82) is 0 Å². The highest BCUT2D eigenvalue weighted by Gasteiger charge is 2.59. The van der Waals surface area contributed by atoms with E-state index in [4.69, 9.17) is 9.97 Å². The summed E-state index contributed by atoms with van der Waals surface area (Å²) in [5.74, 6) is 0.702. The standard InChI is InChI=1S/C66H40N2S/c1-3-18-42(19-4-1)58-40-59(43-20-5-2-6-21-43)68-64(67-58)44-36-34-41(35-37-44)45-25-17-26-50-61-57(39-38-49-48-24-9-16-33-60(48)69-63(49)61)66(62(45)50)55-31-14-12-29-53(55)65(54-30-13-15-32-56(54)66)51-27-10-7-22-46(51)47-23-8-11-28-52(47)65/h1-40H. The van der Waals surface area contributed by atoms with Gasteiger partial charge in [-0.05, 0) is 84.5 Å². The quantitative estimate of drug-likeness (QED) is 0.176. The van der Waals surface area contributed by atoms with Gasteiger partial charge in [0.25, 0.3) is 0 Å². The molecule has 0 saturated heterocycles. The van der Waals surface area contributed by atoms with Gasteiger partial charge in [0.2, 0.25) is 0 Å². The van der Waals surface area contributed by atoms with E-state index in [2.05, 4.69) is 231 Å². The lowest BCUT2D eigenvalue weighted by molar-refractivity contribution is 0.634. The minimum Gasteiger partial charge on any atom is -0.228 e. The molecule has 320 valence electrons. The normalized spacial score (nSPS) is 14.0. The van der Waals surface area contributed by atoms with E-state index in [-0.39, 0.29) is 0 Å². The van der Waals surface area contributed by atoms with Gasteiger partial charge in [-0.3, -0.25) is 0 Å². The highest BCUT2D eigenvalue weighted by molar-refractivity contribution is 7.26. The molecule has 2 nitrogen and oxygen atoms in total. The third kappa shape index (κ3) is 5.15. The van der Waals surface area contributed by atoms with E-state index < -0.39 is 10.8 Å². The number of fused-ring (bicyclic) bond motifs is 20. The molecule has 10 aromatic carbocycles. The van der Waals surface area contributed by atoms with Crippen molar-refractivity contribution < 1.29 is 0 Å². The fourth-order valence-electron chi connectivity index (χ4n) is 12.7. The van der Waals surface area contributed by atoms with E-state index in [1.54, 1.807) is 0 Å². The van der Waals surface area contributed by atoms with Crippen LogP contribution in [0.25, 0.3) is 87.5 Å². The molecule has 2 aromatic heterocycles. The van der Waals surface area contributed by atoms with Crippen LogP contribution in [0.1, 0.15) is 44.5 Å².